The third-order valence-electron chi connectivity index (χ3n) is 7.01. The van der Waals surface area contributed by atoms with Gasteiger partial charge in [0.1, 0.15) is 0 Å². The number of hydrogen-bond acceptors (Lipinski definition) is 1. The van der Waals surface area contributed by atoms with Gasteiger partial charge in [0.25, 0.3) is 0 Å². The molecular weight excluding hydrogens is 316 g/mol. The van der Waals surface area contributed by atoms with Crippen molar-refractivity contribution in [2.75, 3.05) is 0 Å². The fraction of sp³-hybridized carbons (Fsp3) is 0.400. The summed E-state index contributed by atoms with van der Waals surface area (Å²) in [4.78, 5) is 13.1. The molecule has 0 aromatic heterocycles. The molecule has 0 spiro atoms. The molecule has 0 heterocycles. The second-order valence-corrected chi connectivity index (χ2v) is 8.88. The standard InChI is InChI=1S/C25H26O/c26-24(25-15-19-12-20(16-25)14-21(13-19)17-25)11-8-18-6-9-23(10-7-18)22-4-2-1-3-5-22/h1-11,19-21H,12-17H2. The molecule has 2 aromatic carbocycles. The largest absolute Gasteiger partial charge is 0.294 e. The lowest BCUT2D eigenvalue weighted by Gasteiger charge is -2.55. The van der Waals surface area contributed by atoms with Gasteiger partial charge < -0.3 is 0 Å². The molecule has 6 rings (SSSR count). The smallest absolute Gasteiger partial charge is 0.161 e. The van der Waals surface area contributed by atoms with Crippen molar-refractivity contribution < 1.29 is 4.79 Å². The molecule has 0 unspecified atom stereocenters. The Morgan fingerprint density at radius 2 is 1.31 bits per heavy atom. The van der Waals surface area contributed by atoms with Crippen LogP contribution in [-0.2, 0) is 4.79 Å². The molecule has 0 N–H and O–H groups in total. The lowest BCUT2D eigenvalue weighted by molar-refractivity contribution is -0.138. The average Bonchev–Trinajstić information content (AvgIpc) is 2.66. The molecule has 4 aliphatic carbocycles. The normalized spacial score (nSPS) is 32.2. The van der Waals surface area contributed by atoms with Crippen LogP contribution >= 0.6 is 0 Å². The van der Waals surface area contributed by atoms with Crippen LogP contribution in [0.3, 0.4) is 0 Å². The van der Waals surface area contributed by atoms with Crippen LogP contribution in [0.2, 0.25) is 0 Å². The van der Waals surface area contributed by atoms with E-state index >= 15 is 0 Å². The molecule has 0 radical (unpaired) electrons. The summed E-state index contributed by atoms with van der Waals surface area (Å²) < 4.78 is 0. The predicted octanol–water partition coefficient (Wildman–Crippen LogP) is 6.15. The van der Waals surface area contributed by atoms with E-state index in [1.165, 1.54) is 30.4 Å². The van der Waals surface area contributed by atoms with Crippen LogP contribution in [0.15, 0.2) is 60.7 Å². The van der Waals surface area contributed by atoms with Crippen molar-refractivity contribution in [2.24, 2.45) is 23.2 Å². The number of carbonyl (C=O) groups is 1. The van der Waals surface area contributed by atoms with Crippen molar-refractivity contribution in [3.63, 3.8) is 0 Å². The summed E-state index contributed by atoms with van der Waals surface area (Å²) in [6, 6.07) is 18.9. The Hall–Kier alpha value is -2.15. The average molecular weight is 342 g/mol. The van der Waals surface area contributed by atoms with Crippen LogP contribution < -0.4 is 0 Å². The zero-order chi connectivity index (χ0) is 17.6. The van der Waals surface area contributed by atoms with E-state index in [0.29, 0.717) is 5.78 Å². The van der Waals surface area contributed by atoms with Crippen molar-refractivity contribution in [3.8, 4) is 11.1 Å². The molecule has 0 saturated heterocycles. The fourth-order valence-corrected chi connectivity index (χ4v) is 6.18. The van der Waals surface area contributed by atoms with Gasteiger partial charge in [0.05, 0.1) is 0 Å². The minimum Gasteiger partial charge on any atom is -0.294 e. The zero-order valence-corrected chi connectivity index (χ0v) is 15.2. The van der Waals surface area contributed by atoms with E-state index in [0.717, 1.165) is 42.6 Å². The Kier molecular flexibility index (Phi) is 3.85. The lowest BCUT2D eigenvalue weighted by atomic mass is 9.48. The molecular formula is C25H26O. The molecule has 4 saturated carbocycles. The molecule has 26 heavy (non-hydrogen) atoms. The van der Waals surface area contributed by atoms with Gasteiger partial charge in [0, 0.05) is 5.41 Å². The number of allylic oxidation sites excluding steroid dienone is 1. The summed E-state index contributed by atoms with van der Waals surface area (Å²) in [6.07, 6.45) is 11.5. The zero-order valence-electron chi connectivity index (χ0n) is 15.2. The predicted molar refractivity (Wildman–Crippen MR) is 107 cm³/mol. The lowest BCUT2D eigenvalue weighted by Crippen LogP contribution is -2.49. The van der Waals surface area contributed by atoms with E-state index in [9.17, 15) is 4.79 Å². The summed E-state index contributed by atoms with van der Waals surface area (Å²) in [5.41, 5.74) is 3.54. The number of hydrogen-bond donors (Lipinski definition) is 0. The second kappa shape index (κ2) is 6.23. The molecule has 4 fully saturated rings. The molecule has 1 nitrogen and oxygen atoms in total. The first-order valence-corrected chi connectivity index (χ1v) is 10.1. The summed E-state index contributed by atoms with van der Waals surface area (Å²) in [7, 11) is 0. The van der Waals surface area contributed by atoms with Crippen molar-refractivity contribution in [3.05, 3.63) is 66.2 Å². The molecule has 4 bridgehead atoms. The molecule has 132 valence electrons. The first-order valence-electron chi connectivity index (χ1n) is 10.1. The number of ketones is 1. The van der Waals surface area contributed by atoms with Gasteiger partial charge in [0.15, 0.2) is 5.78 Å². The molecule has 0 amide bonds. The Balaban J connectivity index is 1.32. The maximum absolute atomic E-state index is 13.1. The Labute approximate surface area is 156 Å². The van der Waals surface area contributed by atoms with Crippen LogP contribution in [0.1, 0.15) is 44.1 Å². The Bertz CT molecular complexity index is 793. The first-order chi connectivity index (χ1) is 12.7. The highest BCUT2D eigenvalue weighted by Gasteiger charge is 2.53. The minimum absolute atomic E-state index is 0.0186. The van der Waals surface area contributed by atoms with E-state index in [2.05, 4.69) is 48.5 Å². The molecule has 0 aliphatic heterocycles. The maximum Gasteiger partial charge on any atom is 0.161 e. The molecule has 2 aromatic rings. The van der Waals surface area contributed by atoms with Crippen molar-refractivity contribution >= 4 is 11.9 Å². The van der Waals surface area contributed by atoms with Crippen molar-refractivity contribution in [1.82, 2.24) is 0 Å². The van der Waals surface area contributed by atoms with Gasteiger partial charge in [-0.1, -0.05) is 60.7 Å². The number of benzene rings is 2. The van der Waals surface area contributed by atoms with Gasteiger partial charge >= 0.3 is 0 Å². The van der Waals surface area contributed by atoms with Crippen molar-refractivity contribution in [2.45, 2.75) is 38.5 Å². The van der Waals surface area contributed by atoms with Gasteiger partial charge in [0.2, 0.25) is 0 Å². The molecule has 4 aliphatic rings. The monoisotopic (exact) mass is 342 g/mol. The first kappa shape index (κ1) is 16.1. The summed E-state index contributed by atoms with van der Waals surface area (Å²) >= 11 is 0. The highest BCUT2D eigenvalue weighted by atomic mass is 16.1. The van der Waals surface area contributed by atoms with Crippen LogP contribution in [-0.4, -0.2) is 5.78 Å². The third-order valence-corrected chi connectivity index (χ3v) is 7.01. The minimum atomic E-state index is -0.0186. The fourth-order valence-electron chi connectivity index (χ4n) is 6.18. The third kappa shape index (κ3) is 2.84. The summed E-state index contributed by atoms with van der Waals surface area (Å²) in [5, 5.41) is 0. The van der Waals surface area contributed by atoms with E-state index in [4.69, 9.17) is 0 Å². The Morgan fingerprint density at radius 1 is 0.769 bits per heavy atom. The Morgan fingerprint density at radius 3 is 1.88 bits per heavy atom. The number of rotatable bonds is 4. The molecule has 0 atom stereocenters. The second-order valence-electron chi connectivity index (χ2n) is 8.88. The van der Waals surface area contributed by atoms with E-state index in [-0.39, 0.29) is 5.41 Å². The topological polar surface area (TPSA) is 17.1 Å². The highest BCUT2D eigenvalue weighted by Crippen LogP contribution is 2.60. The summed E-state index contributed by atoms with van der Waals surface area (Å²) in [6.45, 7) is 0. The van der Waals surface area contributed by atoms with Crippen molar-refractivity contribution in [1.29, 1.82) is 0 Å². The van der Waals surface area contributed by atoms with Gasteiger partial charge in [-0.05, 0) is 79.0 Å². The van der Waals surface area contributed by atoms with E-state index in [1.54, 1.807) is 0 Å². The van der Waals surface area contributed by atoms with E-state index < -0.39 is 0 Å². The quantitative estimate of drug-likeness (QED) is 0.609. The van der Waals surface area contributed by atoms with Crippen LogP contribution in [0, 0.1) is 23.2 Å². The number of carbonyl (C=O) groups excluding carboxylic acids is 1. The summed E-state index contributed by atoms with van der Waals surface area (Å²) in [5.74, 6) is 2.86. The van der Waals surface area contributed by atoms with Crippen LogP contribution in [0.25, 0.3) is 17.2 Å². The van der Waals surface area contributed by atoms with E-state index in [1.807, 2.05) is 18.2 Å². The highest BCUT2D eigenvalue weighted by molar-refractivity contribution is 5.98. The van der Waals surface area contributed by atoms with Gasteiger partial charge in [-0.15, -0.1) is 0 Å². The van der Waals surface area contributed by atoms with Crippen LogP contribution in [0.5, 0.6) is 0 Å². The van der Waals surface area contributed by atoms with Crippen LogP contribution in [0.4, 0.5) is 0 Å². The SMILES string of the molecule is O=C(C=Cc1ccc(-c2ccccc2)cc1)C12CC3CC(CC(C3)C1)C2. The maximum atomic E-state index is 13.1. The van der Waals surface area contributed by atoms with Gasteiger partial charge in [-0.3, -0.25) is 4.79 Å². The van der Waals surface area contributed by atoms with Gasteiger partial charge in [-0.2, -0.15) is 0 Å². The molecule has 1 heteroatoms. The van der Waals surface area contributed by atoms with Gasteiger partial charge in [-0.25, -0.2) is 0 Å².